The minimum absolute atomic E-state index is 0.0562. The van der Waals surface area contributed by atoms with Crippen molar-refractivity contribution < 1.29 is 18.3 Å². The Hall–Kier alpha value is -2.55. The maximum atomic E-state index is 11.9. The van der Waals surface area contributed by atoms with E-state index in [9.17, 15) is 18.0 Å². The van der Waals surface area contributed by atoms with Crippen LogP contribution in [0.5, 0.6) is 0 Å². The van der Waals surface area contributed by atoms with Crippen LogP contribution in [0.1, 0.15) is 36.7 Å². The molecule has 0 saturated heterocycles. The first-order valence-electron chi connectivity index (χ1n) is 7.48. The van der Waals surface area contributed by atoms with Gasteiger partial charge in [0.15, 0.2) is 0 Å². The molecule has 1 aromatic carbocycles. The van der Waals surface area contributed by atoms with E-state index >= 15 is 0 Å². The van der Waals surface area contributed by atoms with Gasteiger partial charge in [-0.15, -0.1) is 0 Å². The SMILES string of the molecule is CCCCCS(=O)(=O)Nc1ccc(-n2[nH]c(C(=O)O)cc2=O)cc1. The Bertz CT molecular complexity index is 865. The first-order chi connectivity index (χ1) is 11.3. The molecule has 1 aromatic heterocycles. The molecule has 24 heavy (non-hydrogen) atoms. The van der Waals surface area contributed by atoms with E-state index < -0.39 is 21.6 Å². The van der Waals surface area contributed by atoms with Crippen LogP contribution in [0, 0.1) is 0 Å². The van der Waals surface area contributed by atoms with E-state index in [2.05, 4.69) is 9.82 Å². The number of aromatic nitrogens is 2. The summed E-state index contributed by atoms with van der Waals surface area (Å²) in [7, 11) is -3.40. The molecule has 0 aliphatic rings. The summed E-state index contributed by atoms with van der Waals surface area (Å²) in [4.78, 5) is 22.6. The van der Waals surface area contributed by atoms with Crippen molar-refractivity contribution in [2.45, 2.75) is 26.2 Å². The zero-order valence-corrected chi connectivity index (χ0v) is 14.0. The van der Waals surface area contributed by atoms with Crippen molar-refractivity contribution >= 4 is 21.7 Å². The number of anilines is 1. The second-order valence-corrected chi connectivity index (χ2v) is 7.17. The number of aromatic carboxylic acids is 1. The molecule has 2 rings (SSSR count). The van der Waals surface area contributed by atoms with Gasteiger partial charge in [0.25, 0.3) is 5.56 Å². The van der Waals surface area contributed by atoms with Gasteiger partial charge < -0.3 is 5.11 Å². The normalized spacial score (nSPS) is 11.4. The minimum Gasteiger partial charge on any atom is -0.477 e. The highest BCUT2D eigenvalue weighted by Gasteiger charge is 2.12. The molecule has 0 atom stereocenters. The molecule has 8 nitrogen and oxygen atoms in total. The lowest BCUT2D eigenvalue weighted by Gasteiger charge is -2.09. The second kappa shape index (κ2) is 7.35. The molecular weight excluding hydrogens is 334 g/mol. The zero-order valence-electron chi connectivity index (χ0n) is 13.2. The fraction of sp³-hybridized carbons (Fsp3) is 0.333. The fourth-order valence-electron chi connectivity index (χ4n) is 2.15. The average molecular weight is 353 g/mol. The van der Waals surface area contributed by atoms with E-state index in [-0.39, 0.29) is 11.4 Å². The molecule has 0 radical (unpaired) electrons. The number of hydrogen-bond donors (Lipinski definition) is 3. The van der Waals surface area contributed by atoms with Gasteiger partial charge in [0.05, 0.1) is 11.4 Å². The van der Waals surface area contributed by atoms with Crippen LogP contribution in [0.25, 0.3) is 5.69 Å². The number of carboxylic acid groups (broad SMARTS) is 1. The first kappa shape index (κ1) is 17.8. The first-order valence-corrected chi connectivity index (χ1v) is 9.14. The molecule has 0 amide bonds. The number of nitrogens with zero attached hydrogens (tertiary/aromatic N) is 1. The Morgan fingerprint density at radius 2 is 1.92 bits per heavy atom. The summed E-state index contributed by atoms with van der Waals surface area (Å²) in [6, 6.07) is 7.05. The fourth-order valence-corrected chi connectivity index (χ4v) is 3.33. The third kappa shape index (κ3) is 4.48. The van der Waals surface area contributed by atoms with Crippen molar-refractivity contribution in [1.29, 1.82) is 0 Å². The van der Waals surface area contributed by atoms with Crippen LogP contribution in [0.4, 0.5) is 5.69 Å². The van der Waals surface area contributed by atoms with Gasteiger partial charge in [0, 0.05) is 11.8 Å². The number of rotatable bonds is 8. The van der Waals surface area contributed by atoms with Gasteiger partial charge in [-0.2, -0.15) is 0 Å². The molecule has 2 aromatic rings. The lowest BCUT2D eigenvalue weighted by Crippen LogP contribution is -2.17. The molecule has 0 bridgehead atoms. The van der Waals surface area contributed by atoms with E-state index in [0.29, 0.717) is 17.8 Å². The summed E-state index contributed by atoms with van der Waals surface area (Å²) in [5.74, 6) is -1.18. The molecular formula is C15H19N3O5S. The smallest absolute Gasteiger partial charge is 0.353 e. The second-order valence-electron chi connectivity index (χ2n) is 5.32. The summed E-state index contributed by atoms with van der Waals surface area (Å²) in [5.41, 5.74) is 0.0516. The monoisotopic (exact) mass is 353 g/mol. The lowest BCUT2D eigenvalue weighted by atomic mass is 10.3. The standard InChI is InChI=1S/C15H19N3O5S/c1-2-3-4-9-24(22,23)17-11-5-7-12(8-6-11)18-14(19)10-13(16-18)15(20)21/h5-8,10,16-17H,2-4,9H2,1H3,(H,20,21). The largest absolute Gasteiger partial charge is 0.477 e. The number of hydrogen-bond acceptors (Lipinski definition) is 4. The molecule has 3 N–H and O–H groups in total. The third-order valence-electron chi connectivity index (χ3n) is 3.37. The number of aromatic amines is 1. The molecule has 0 saturated carbocycles. The number of carboxylic acids is 1. The summed E-state index contributed by atoms with van der Waals surface area (Å²) in [5, 5.41) is 11.3. The number of sulfonamides is 1. The Balaban J connectivity index is 2.14. The molecule has 9 heteroatoms. The number of H-pyrrole nitrogens is 1. The summed E-state index contributed by atoms with van der Waals surface area (Å²) in [6.07, 6.45) is 2.38. The van der Waals surface area contributed by atoms with Crippen molar-refractivity contribution in [3.05, 3.63) is 46.4 Å². The predicted molar refractivity (Wildman–Crippen MR) is 90.3 cm³/mol. The quantitative estimate of drug-likeness (QED) is 0.625. The van der Waals surface area contributed by atoms with Crippen molar-refractivity contribution in [3.8, 4) is 5.69 Å². The molecule has 0 spiro atoms. The molecule has 0 fully saturated rings. The van der Waals surface area contributed by atoms with Crippen LogP contribution >= 0.6 is 0 Å². The van der Waals surface area contributed by atoms with E-state index in [1.54, 1.807) is 0 Å². The molecule has 130 valence electrons. The Morgan fingerprint density at radius 3 is 2.46 bits per heavy atom. The third-order valence-corrected chi connectivity index (χ3v) is 4.74. The number of nitrogens with one attached hydrogen (secondary N) is 2. The molecule has 0 unspecified atom stereocenters. The Morgan fingerprint density at radius 1 is 1.25 bits per heavy atom. The van der Waals surface area contributed by atoms with Crippen LogP contribution in [-0.2, 0) is 10.0 Å². The van der Waals surface area contributed by atoms with Crippen LogP contribution in [-0.4, -0.2) is 35.0 Å². The van der Waals surface area contributed by atoms with Gasteiger partial charge in [-0.25, -0.2) is 17.9 Å². The van der Waals surface area contributed by atoms with Crippen molar-refractivity contribution in [2.24, 2.45) is 0 Å². The van der Waals surface area contributed by atoms with Crippen molar-refractivity contribution in [2.75, 3.05) is 10.5 Å². The van der Waals surface area contributed by atoms with Crippen molar-refractivity contribution in [1.82, 2.24) is 9.78 Å². The summed E-state index contributed by atoms with van der Waals surface area (Å²) < 4.78 is 27.4. The van der Waals surface area contributed by atoms with Gasteiger partial charge in [-0.3, -0.25) is 14.6 Å². The number of carbonyl (C=O) groups is 1. The minimum atomic E-state index is -3.40. The number of benzene rings is 1. The van der Waals surface area contributed by atoms with Crippen LogP contribution < -0.4 is 10.3 Å². The van der Waals surface area contributed by atoms with E-state index in [1.807, 2.05) is 6.92 Å². The Kier molecular flexibility index (Phi) is 5.45. The molecule has 0 aliphatic heterocycles. The lowest BCUT2D eigenvalue weighted by molar-refractivity contribution is 0.0690. The highest BCUT2D eigenvalue weighted by Crippen LogP contribution is 2.14. The Labute approximate surface area is 139 Å². The number of unbranched alkanes of at least 4 members (excludes halogenated alkanes) is 2. The van der Waals surface area contributed by atoms with Crippen LogP contribution in [0.2, 0.25) is 0 Å². The summed E-state index contributed by atoms with van der Waals surface area (Å²) >= 11 is 0. The maximum absolute atomic E-state index is 11.9. The molecule has 1 heterocycles. The zero-order chi connectivity index (χ0) is 17.7. The van der Waals surface area contributed by atoms with Gasteiger partial charge in [0.2, 0.25) is 10.0 Å². The van der Waals surface area contributed by atoms with Crippen LogP contribution in [0.3, 0.4) is 0 Å². The highest BCUT2D eigenvalue weighted by molar-refractivity contribution is 7.92. The maximum Gasteiger partial charge on any atom is 0.353 e. The van der Waals surface area contributed by atoms with Gasteiger partial charge in [0.1, 0.15) is 5.69 Å². The topological polar surface area (TPSA) is 121 Å². The van der Waals surface area contributed by atoms with E-state index in [0.717, 1.165) is 23.6 Å². The van der Waals surface area contributed by atoms with E-state index in [1.165, 1.54) is 24.3 Å². The van der Waals surface area contributed by atoms with E-state index in [4.69, 9.17) is 5.11 Å². The summed E-state index contributed by atoms with van der Waals surface area (Å²) in [6.45, 7) is 2.00. The van der Waals surface area contributed by atoms with Crippen LogP contribution in [0.15, 0.2) is 35.1 Å². The van der Waals surface area contributed by atoms with Crippen molar-refractivity contribution in [3.63, 3.8) is 0 Å². The predicted octanol–water partition coefficient (Wildman–Crippen LogP) is 1.80. The highest BCUT2D eigenvalue weighted by atomic mass is 32.2. The molecule has 0 aliphatic carbocycles. The van der Waals surface area contributed by atoms with Gasteiger partial charge >= 0.3 is 5.97 Å². The average Bonchev–Trinajstić information content (AvgIpc) is 2.90. The van der Waals surface area contributed by atoms with Gasteiger partial charge in [-0.1, -0.05) is 19.8 Å². The van der Waals surface area contributed by atoms with Gasteiger partial charge in [-0.05, 0) is 30.7 Å².